The van der Waals surface area contributed by atoms with Crippen LogP contribution in [0.4, 0.5) is 5.82 Å². The number of aromatic amines is 1. The Morgan fingerprint density at radius 2 is 2.29 bits per heavy atom. The Morgan fingerprint density at radius 3 is 3.05 bits per heavy atom. The van der Waals surface area contributed by atoms with Crippen LogP contribution in [-0.4, -0.2) is 28.0 Å². The van der Waals surface area contributed by atoms with Crippen molar-refractivity contribution in [3.8, 4) is 0 Å². The maximum Gasteiger partial charge on any atom is 0.143 e. The maximum absolute atomic E-state index is 5.58. The highest BCUT2D eigenvalue weighted by atomic mass is 15.1. The second-order valence-electron chi connectivity index (χ2n) is 5.38. The second kappa shape index (κ2) is 6.10. The van der Waals surface area contributed by atoms with E-state index in [0.717, 1.165) is 48.5 Å². The number of fused-ring (bicyclic) bond motifs is 1. The van der Waals surface area contributed by atoms with Crippen molar-refractivity contribution in [2.24, 2.45) is 5.73 Å². The van der Waals surface area contributed by atoms with E-state index in [2.05, 4.69) is 44.6 Å². The lowest BCUT2D eigenvalue weighted by Crippen LogP contribution is -2.06. The molecule has 2 heterocycles. The van der Waals surface area contributed by atoms with Gasteiger partial charge in [0, 0.05) is 12.2 Å². The predicted molar refractivity (Wildman–Crippen MR) is 86.3 cm³/mol. The van der Waals surface area contributed by atoms with E-state index in [9.17, 15) is 0 Å². The van der Waals surface area contributed by atoms with E-state index in [4.69, 9.17) is 5.73 Å². The zero-order valence-corrected chi connectivity index (χ0v) is 12.3. The van der Waals surface area contributed by atoms with Gasteiger partial charge in [0.2, 0.25) is 0 Å². The van der Waals surface area contributed by atoms with Crippen molar-refractivity contribution in [2.45, 2.75) is 26.2 Å². The summed E-state index contributed by atoms with van der Waals surface area (Å²) >= 11 is 0. The highest BCUT2D eigenvalue weighted by Crippen LogP contribution is 2.23. The number of hydrogen-bond acceptors (Lipinski definition) is 4. The summed E-state index contributed by atoms with van der Waals surface area (Å²) in [6.45, 7) is 3.44. The van der Waals surface area contributed by atoms with Crippen LogP contribution in [0.1, 0.15) is 24.4 Å². The van der Waals surface area contributed by atoms with Gasteiger partial charge < -0.3 is 16.0 Å². The van der Waals surface area contributed by atoms with Gasteiger partial charge in [0.15, 0.2) is 0 Å². The lowest BCUT2D eigenvalue weighted by Gasteiger charge is -2.08. The summed E-state index contributed by atoms with van der Waals surface area (Å²) in [7, 11) is 0. The fourth-order valence-electron chi connectivity index (χ4n) is 2.56. The molecule has 0 saturated heterocycles. The number of aryl methyl sites for hydroxylation is 2. The topological polar surface area (TPSA) is 79.6 Å². The first-order chi connectivity index (χ1) is 10.3. The highest BCUT2D eigenvalue weighted by molar-refractivity contribution is 5.88. The van der Waals surface area contributed by atoms with E-state index in [-0.39, 0.29) is 0 Å². The van der Waals surface area contributed by atoms with Crippen molar-refractivity contribution >= 4 is 16.9 Å². The maximum atomic E-state index is 5.58. The van der Waals surface area contributed by atoms with Gasteiger partial charge >= 0.3 is 0 Å². The molecule has 5 heteroatoms. The Kier molecular flexibility index (Phi) is 4.01. The molecule has 0 unspecified atom stereocenters. The molecule has 0 amide bonds. The van der Waals surface area contributed by atoms with E-state index in [1.54, 1.807) is 0 Å². The Morgan fingerprint density at radius 1 is 1.38 bits per heavy atom. The summed E-state index contributed by atoms with van der Waals surface area (Å²) in [5, 5.41) is 4.49. The van der Waals surface area contributed by atoms with Gasteiger partial charge in [-0.05, 0) is 44.4 Å². The third-order valence-corrected chi connectivity index (χ3v) is 3.64. The minimum atomic E-state index is 0.701. The Hall–Kier alpha value is -2.14. The van der Waals surface area contributed by atoms with E-state index in [0.29, 0.717) is 6.54 Å². The van der Waals surface area contributed by atoms with Crippen molar-refractivity contribution in [1.29, 1.82) is 0 Å². The van der Waals surface area contributed by atoms with Crippen LogP contribution in [0, 0.1) is 6.92 Å². The number of hydrogen-bond donors (Lipinski definition) is 3. The fraction of sp³-hybridized carbons (Fsp3) is 0.375. The van der Waals surface area contributed by atoms with E-state index in [1.807, 2.05) is 6.92 Å². The molecule has 0 fully saturated rings. The summed E-state index contributed by atoms with van der Waals surface area (Å²) in [5.41, 5.74) is 9.01. The van der Waals surface area contributed by atoms with Gasteiger partial charge in [-0.2, -0.15) is 0 Å². The molecule has 0 atom stereocenters. The van der Waals surface area contributed by atoms with Crippen LogP contribution in [0.5, 0.6) is 0 Å². The third-order valence-electron chi connectivity index (χ3n) is 3.64. The van der Waals surface area contributed by atoms with Crippen LogP contribution in [0.2, 0.25) is 0 Å². The molecule has 5 nitrogen and oxygen atoms in total. The largest absolute Gasteiger partial charge is 0.366 e. The molecule has 0 spiro atoms. The lowest BCUT2D eigenvalue weighted by molar-refractivity contribution is 0.817. The fourth-order valence-corrected chi connectivity index (χ4v) is 2.56. The number of H-pyrrole nitrogens is 1. The highest BCUT2D eigenvalue weighted by Gasteiger charge is 2.10. The van der Waals surface area contributed by atoms with Crippen LogP contribution in [0.25, 0.3) is 11.0 Å². The van der Waals surface area contributed by atoms with Crippen LogP contribution in [-0.2, 0) is 6.42 Å². The Bertz CT molecular complexity index is 696. The minimum Gasteiger partial charge on any atom is -0.366 e. The number of nitrogens with two attached hydrogens (primary N) is 1. The lowest BCUT2D eigenvalue weighted by atomic mass is 10.2. The molecule has 0 radical (unpaired) electrons. The number of anilines is 1. The molecular formula is C16H21N5. The number of rotatable bonds is 6. The first-order valence-corrected chi connectivity index (χ1v) is 7.41. The van der Waals surface area contributed by atoms with Crippen molar-refractivity contribution < 1.29 is 0 Å². The smallest absolute Gasteiger partial charge is 0.143 e. The summed E-state index contributed by atoms with van der Waals surface area (Å²) in [5.74, 6) is 1.68. The quantitative estimate of drug-likeness (QED) is 0.761. The SMILES string of the molecule is Cc1nc(NCC2=CC=CC2)c2cc(CCCN)[nH]c2n1. The first-order valence-electron chi connectivity index (χ1n) is 7.41. The first kappa shape index (κ1) is 13.8. The van der Waals surface area contributed by atoms with Crippen LogP contribution in [0.15, 0.2) is 29.9 Å². The molecule has 0 bridgehead atoms. The molecule has 2 aromatic rings. The molecular weight excluding hydrogens is 262 g/mol. The zero-order chi connectivity index (χ0) is 14.7. The van der Waals surface area contributed by atoms with E-state index < -0.39 is 0 Å². The molecule has 1 aliphatic rings. The Labute approximate surface area is 124 Å². The summed E-state index contributed by atoms with van der Waals surface area (Å²) in [6, 6.07) is 2.13. The normalized spacial score (nSPS) is 13.9. The molecule has 21 heavy (non-hydrogen) atoms. The van der Waals surface area contributed by atoms with Crippen LogP contribution < -0.4 is 11.1 Å². The van der Waals surface area contributed by atoms with Crippen molar-refractivity contribution in [3.05, 3.63) is 41.4 Å². The summed E-state index contributed by atoms with van der Waals surface area (Å²) in [4.78, 5) is 12.4. The number of nitrogens with one attached hydrogen (secondary N) is 2. The average Bonchev–Trinajstić information content (AvgIpc) is 3.11. The molecule has 4 N–H and O–H groups in total. The molecule has 2 aromatic heterocycles. The van der Waals surface area contributed by atoms with Gasteiger partial charge in [0.1, 0.15) is 17.3 Å². The molecule has 3 rings (SSSR count). The molecule has 0 aromatic carbocycles. The average molecular weight is 283 g/mol. The van der Waals surface area contributed by atoms with E-state index in [1.165, 1.54) is 11.3 Å². The number of allylic oxidation sites excluding steroid dienone is 3. The van der Waals surface area contributed by atoms with Gasteiger partial charge in [-0.3, -0.25) is 0 Å². The second-order valence-corrected chi connectivity index (χ2v) is 5.38. The molecule has 0 saturated carbocycles. The molecule has 0 aliphatic heterocycles. The number of nitrogens with zero attached hydrogens (tertiary/aromatic N) is 2. The van der Waals surface area contributed by atoms with E-state index >= 15 is 0 Å². The van der Waals surface area contributed by atoms with Gasteiger partial charge in [-0.15, -0.1) is 0 Å². The van der Waals surface area contributed by atoms with Crippen molar-refractivity contribution in [1.82, 2.24) is 15.0 Å². The van der Waals surface area contributed by atoms with Crippen LogP contribution in [0.3, 0.4) is 0 Å². The van der Waals surface area contributed by atoms with Gasteiger partial charge in [0.25, 0.3) is 0 Å². The monoisotopic (exact) mass is 283 g/mol. The number of aromatic nitrogens is 3. The predicted octanol–water partition coefficient (Wildman–Crippen LogP) is 2.46. The summed E-state index contributed by atoms with van der Waals surface area (Å²) in [6.07, 6.45) is 9.36. The summed E-state index contributed by atoms with van der Waals surface area (Å²) < 4.78 is 0. The molecule has 110 valence electrons. The van der Waals surface area contributed by atoms with Crippen LogP contribution >= 0.6 is 0 Å². The van der Waals surface area contributed by atoms with Crippen molar-refractivity contribution in [2.75, 3.05) is 18.4 Å². The molecule has 1 aliphatic carbocycles. The third kappa shape index (κ3) is 3.13. The van der Waals surface area contributed by atoms with Gasteiger partial charge in [0.05, 0.1) is 5.39 Å². The standard InChI is InChI=1S/C16H21N5/c1-11-19-15(18-10-12-5-2-3-6-12)14-9-13(7-4-8-17)21-16(14)20-11/h2-3,5,9H,4,6-8,10,17H2,1H3,(H2,18,19,20,21). The minimum absolute atomic E-state index is 0.701. The van der Waals surface area contributed by atoms with Gasteiger partial charge in [-0.1, -0.05) is 18.2 Å². The van der Waals surface area contributed by atoms with Gasteiger partial charge in [-0.25, -0.2) is 9.97 Å². The Balaban J connectivity index is 1.83. The van der Waals surface area contributed by atoms with Crippen molar-refractivity contribution in [3.63, 3.8) is 0 Å². The zero-order valence-electron chi connectivity index (χ0n) is 12.3.